The fourth-order valence-electron chi connectivity index (χ4n) is 2.05. The van der Waals surface area contributed by atoms with E-state index in [0.29, 0.717) is 13.2 Å². The third-order valence-electron chi connectivity index (χ3n) is 3.22. The van der Waals surface area contributed by atoms with Gasteiger partial charge in [0.15, 0.2) is 5.96 Å². The minimum Gasteiger partial charge on any atom is -0.492 e. The van der Waals surface area contributed by atoms with Gasteiger partial charge in [0.2, 0.25) is 0 Å². The standard InChI is InChI=1S/C16H23N5O.HI/c1-17-16(18-11-14-12-19-21(3)13-14)20(2)9-10-22-15-7-5-4-6-8-15;/h4-8,12-13H,9-11H2,1-3H3,(H,17,18);1H. The predicted molar refractivity (Wildman–Crippen MR) is 103 cm³/mol. The van der Waals surface area contributed by atoms with Crippen LogP contribution in [-0.4, -0.2) is 47.9 Å². The first-order chi connectivity index (χ1) is 10.7. The molecule has 0 unspecified atom stereocenters. The molecular weight excluding hydrogens is 405 g/mol. The van der Waals surface area contributed by atoms with Crippen LogP contribution in [-0.2, 0) is 13.6 Å². The van der Waals surface area contributed by atoms with Crippen LogP contribution < -0.4 is 10.1 Å². The van der Waals surface area contributed by atoms with Gasteiger partial charge in [-0.1, -0.05) is 18.2 Å². The number of nitrogens with zero attached hydrogens (tertiary/aromatic N) is 4. The highest BCUT2D eigenvalue weighted by Crippen LogP contribution is 2.07. The van der Waals surface area contributed by atoms with Crippen molar-refractivity contribution in [3.63, 3.8) is 0 Å². The molecule has 23 heavy (non-hydrogen) atoms. The summed E-state index contributed by atoms with van der Waals surface area (Å²) in [5.74, 6) is 1.72. The molecule has 2 rings (SSSR count). The van der Waals surface area contributed by atoms with Gasteiger partial charge in [0, 0.05) is 39.4 Å². The van der Waals surface area contributed by atoms with Crippen LogP contribution in [0, 0.1) is 0 Å². The molecule has 0 bridgehead atoms. The maximum atomic E-state index is 5.70. The van der Waals surface area contributed by atoms with Gasteiger partial charge in [-0.2, -0.15) is 5.10 Å². The normalized spacial score (nSPS) is 10.8. The summed E-state index contributed by atoms with van der Waals surface area (Å²) in [4.78, 5) is 6.33. The number of ether oxygens (including phenoxy) is 1. The molecule has 7 heteroatoms. The van der Waals surface area contributed by atoms with Gasteiger partial charge in [-0.15, -0.1) is 24.0 Å². The van der Waals surface area contributed by atoms with Crippen LogP contribution in [0.25, 0.3) is 0 Å². The monoisotopic (exact) mass is 429 g/mol. The fraction of sp³-hybridized carbons (Fsp3) is 0.375. The van der Waals surface area contributed by atoms with E-state index in [4.69, 9.17) is 4.74 Å². The van der Waals surface area contributed by atoms with E-state index in [0.717, 1.165) is 23.8 Å². The van der Waals surface area contributed by atoms with Crippen molar-refractivity contribution in [3.05, 3.63) is 48.3 Å². The Balaban J connectivity index is 0.00000264. The first-order valence-electron chi connectivity index (χ1n) is 7.26. The number of hydrogen-bond acceptors (Lipinski definition) is 3. The van der Waals surface area contributed by atoms with Crippen molar-refractivity contribution >= 4 is 29.9 Å². The summed E-state index contributed by atoms with van der Waals surface area (Å²) in [6, 6.07) is 9.81. The van der Waals surface area contributed by atoms with Crippen LogP contribution in [0.2, 0.25) is 0 Å². The van der Waals surface area contributed by atoms with Gasteiger partial charge >= 0.3 is 0 Å². The first kappa shape index (κ1) is 19.3. The summed E-state index contributed by atoms with van der Waals surface area (Å²) in [6.45, 7) is 2.06. The summed E-state index contributed by atoms with van der Waals surface area (Å²) in [5, 5.41) is 7.47. The number of likely N-dealkylation sites (N-methyl/N-ethyl adjacent to an activating group) is 1. The molecule has 1 N–H and O–H groups in total. The highest BCUT2D eigenvalue weighted by atomic mass is 127. The van der Waals surface area contributed by atoms with E-state index in [1.54, 1.807) is 11.7 Å². The quantitative estimate of drug-likeness (QED) is 0.435. The van der Waals surface area contributed by atoms with E-state index in [2.05, 4.69) is 15.4 Å². The van der Waals surface area contributed by atoms with Crippen LogP contribution in [0.3, 0.4) is 0 Å². The zero-order valence-corrected chi connectivity index (χ0v) is 16.1. The highest BCUT2D eigenvalue weighted by Gasteiger charge is 2.06. The van der Waals surface area contributed by atoms with Gasteiger partial charge < -0.3 is 15.0 Å². The van der Waals surface area contributed by atoms with E-state index in [9.17, 15) is 0 Å². The summed E-state index contributed by atoms with van der Waals surface area (Å²) >= 11 is 0. The number of aromatic nitrogens is 2. The Morgan fingerprint density at radius 1 is 1.35 bits per heavy atom. The highest BCUT2D eigenvalue weighted by molar-refractivity contribution is 14.0. The van der Waals surface area contributed by atoms with Gasteiger partial charge in [0.25, 0.3) is 0 Å². The lowest BCUT2D eigenvalue weighted by atomic mass is 10.3. The SMILES string of the molecule is CN=C(NCc1cnn(C)c1)N(C)CCOc1ccccc1.I. The Kier molecular flexibility index (Phi) is 8.46. The average Bonchev–Trinajstić information content (AvgIpc) is 2.94. The molecule has 0 spiro atoms. The van der Waals surface area contributed by atoms with Crippen molar-refractivity contribution in [2.75, 3.05) is 27.2 Å². The maximum absolute atomic E-state index is 5.70. The Morgan fingerprint density at radius 3 is 2.70 bits per heavy atom. The van der Waals surface area contributed by atoms with Crippen molar-refractivity contribution in [1.82, 2.24) is 20.0 Å². The Morgan fingerprint density at radius 2 is 2.09 bits per heavy atom. The van der Waals surface area contributed by atoms with E-state index in [1.807, 2.05) is 61.7 Å². The van der Waals surface area contributed by atoms with Crippen LogP contribution >= 0.6 is 24.0 Å². The third-order valence-corrected chi connectivity index (χ3v) is 3.22. The van der Waals surface area contributed by atoms with Gasteiger partial charge in [-0.05, 0) is 12.1 Å². The van der Waals surface area contributed by atoms with E-state index < -0.39 is 0 Å². The molecule has 0 aliphatic heterocycles. The lowest BCUT2D eigenvalue weighted by Gasteiger charge is -2.22. The molecule has 0 aliphatic rings. The largest absolute Gasteiger partial charge is 0.492 e. The minimum atomic E-state index is 0. The number of aryl methyl sites for hydroxylation is 1. The fourth-order valence-corrected chi connectivity index (χ4v) is 2.05. The predicted octanol–water partition coefficient (Wildman–Crippen LogP) is 2.12. The molecule has 0 saturated carbocycles. The van der Waals surface area contributed by atoms with E-state index in [1.165, 1.54) is 0 Å². The minimum absolute atomic E-state index is 0. The molecule has 0 radical (unpaired) electrons. The lowest BCUT2D eigenvalue weighted by molar-refractivity contribution is 0.281. The molecule has 2 aromatic rings. The smallest absolute Gasteiger partial charge is 0.193 e. The average molecular weight is 429 g/mol. The van der Waals surface area contributed by atoms with Crippen LogP contribution in [0.4, 0.5) is 0 Å². The maximum Gasteiger partial charge on any atom is 0.193 e. The van der Waals surface area contributed by atoms with E-state index in [-0.39, 0.29) is 24.0 Å². The first-order valence-corrected chi connectivity index (χ1v) is 7.26. The topological polar surface area (TPSA) is 54.7 Å². The Bertz CT molecular complexity index is 600. The van der Waals surface area contributed by atoms with Crippen LogP contribution in [0.1, 0.15) is 5.56 Å². The summed E-state index contributed by atoms with van der Waals surface area (Å²) < 4.78 is 7.49. The van der Waals surface area contributed by atoms with Gasteiger partial charge in [-0.25, -0.2) is 0 Å². The number of nitrogens with one attached hydrogen (secondary N) is 1. The van der Waals surface area contributed by atoms with Gasteiger partial charge in [-0.3, -0.25) is 9.67 Å². The molecule has 6 nitrogen and oxygen atoms in total. The molecular formula is C16H24IN5O. The summed E-state index contributed by atoms with van der Waals surface area (Å²) in [5.41, 5.74) is 1.12. The molecule has 1 aromatic carbocycles. The number of guanidine groups is 1. The van der Waals surface area contributed by atoms with Crippen LogP contribution in [0.15, 0.2) is 47.7 Å². The van der Waals surface area contributed by atoms with Crippen molar-refractivity contribution in [2.45, 2.75) is 6.54 Å². The third kappa shape index (κ3) is 6.47. The second-order valence-electron chi connectivity index (χ2n) is 5.01. The zero-order valence-electron chi connectivity index (χ0n) is 13.8. The molecule has 0 atom stereocenters. The molecule has 0 aliphatic carbocycles. The van der Waals surface area contributed by atoms with Gasteiger partial charge in [0.05, 0.1) is 12.7 Å². The molecule has 0 amide bonds. The van der Waals surface area contributed by atoms with Crippen molar-refractivity contribution in [1.29, 1.82) is 0 Å². The number of benzene rings is 1. The number of para-hydroxylation sites is 1. The van der Waals surface area contributed by atoms with E-state index >= 15 is 0 Å². The summed E-state index contributed by atoms with van der Waals surface area (Å²) in [7, 11) is 5.68. The number of aliphatic imine (C=N–C) groups is 1. The lowest BCUT2D eigenvalue weighted by Crippen LogP contribution is -2.40. The molecule has 1 aromatic heterocycles. The van der Waals surface area contributed by atoms with Gasteiger partial charge in [0.1, 0.15) is 12.4 Å². The van der Waals surface area contributed by atoms with Crippen molar-refractivity contribution < 1.29 is 4.74 Å². The second-order valence-corrected chi connectivity index (χ2v) is 5.01. The summed E-state index contributed by atoms with van der Waals surface area (Å²) in [6.07, 6.45) is 3.83. The second kappa shape index (κ2) is 10.1. The molecule has 1 heterocycles. The van der Waals surface area contributed by atoms with Crippen LogP contribution in [0.5, 0.6) is 5.75 Å². The van der Waals surface area contributed by atoms with Crippen molar-refractivity contribution in [3.8, 4) is 5.75 Å². The zero-order chi connectivity index (χ0) is 15.8. The Hall–Kier alpha value is -1.77. The Labute approximate surface area is 154 Å². The number of halogens is 1. The van der Waals surface area contributed by atoms with Crippen molar-refractivity contribution in [2.24, 2.45) is 12.0 Å². The number of hydrogen-bond donors (Lipinski definition) is 1. The molecule has 126 valence electrons. The molecule has 0 saturated heterocycles. The number of rotatable bonds is 6. The molecule has 0 fully saturated rings.